The standard InChI is InChI=1S/C18H28N2O/c1-5-9-16-18(21)20(12-14(4)13(2)3)17(19-16)15-10-7-6-8-11-15/h6-8,10-11,13-14,16-17,19H,5,9,12H2,1-4H3. The zero-order valence-corrected chi connectivity index (χ0v) is 13.7. The molecule has 0 saturated carbocycles. The Labute approximate surface area is 128 Å². The van der Waals surface area contributed by atoms with Crippen molar-refractivity contribution in [2.75, 3.05) is 6.54 Å². The Balaban J connectivity index is 2.21. The maximum atomic E-state index is 12.7. The zero-order valence-electron chi connectivity index (χ0n) is 13.7. The van der Waals surface area contributed by atoms with E-state index in [1.165, 1.54) is 5.56 Å². The molecule has 1 heterocycles. The minimum atomic E-state index is -0.0282. The van der Waals surface area contributed by atoms with Crippen molar-refractivity contribution in [2.24, 2.45) is 11.8 Å². The molecule has 0 aromatic heterocycles. The van der Waals surface area contributed by atoms with E-state index in [2.05, 4.69) is 45.1 Å². The smallest absolute Gasteiger partial charge is 0.241 e. The Kier molecular flexibility index (Phi) is 5.40. The van der Waals surface area contributed by atoms with Gasteiger partial charge in [-0.15, -0.1) is 0 Å². The van der Waals surface area contributed by atoms with Gasteiger partial charge in [-0.1, -0.05) is 64.4 Å². The van der Waals surface area contributed by atoms with E-state index in [4.69, 9.17) is 0 Å². The number of hydrogen-bond acceptors (Lipinski definition) is 2. The molecule has 1 amide bonds. The Morgan fingerprint density at radius 2 is 1.86 bits per heavy atom. The average Bonchev–Trinajstić information content (AvgIpc) is 2.78. The van der Waals surface area contributed by atoms with Crippen molar-refractivity contribution in [3.63, 3.8) is 0 Å². The van der Waals surface area contributed by atoms with Gasteiger partial charge in [0.05, 0.1) is 6.04 Å². The molecule has 21 heavy (non-hydrogen) atoms. The van der Waals surface area contributed by atoms with Crippen LogP contribution in [0.3, 0.4) is 0 Å². The molecule has 1 N–H and O–H groups in total. The fourth-order valence-corrected chi connectivity index (χ4v) is 2.80. The van der Waals surface area contributed by atoms with Crippen molar-refractivity contribution in [3.05, 3.63) is 35.9 Å². The topological polar surface area (TPSA) is 32.3 Å². The number of nitrogens with one attached hydrogen (secondary N) is 1. The molecular weight excluding hydrogens is 260 g/mol. The molecule has 0 radical (unpaired) electrons. The van der Waals surface area contributed by atoms with E-state index in [1.54, 1.807) is 0 Å². The molecule has 116 valence electrons. The van der Waals surface area contributed by atoms with Crippen LogP contribution in [0.5, 0.6) is 0 Å². The van der Waals surface area contributed by atoms with Crippen LogP contribution >= 0.6 is 0 Å². The molecule has 2 rings (SSSR count). The number of hydrogen-bond donors (Lipinski definition) is 1. The van der Waals surface area contributed by atoms with E-state index in [-0.39, 0.29) is 18.1 Å². The van der Waals surface area contributed by atoms with E-state index in [0.29, 0.717) is 11.8 Å². The number of carbonyl (C=O) groups excluding carboxylic acids is 1. The fourth-order valence-electron chi connectivity index (χ4n) is 2.80. The predicted octanol–water partition coefficient (Wildman–Crippen LogP) is 3.58. The third kappa shape index (κ3) is 3.65. The van der Waals surface area contributed by atoms with Crippen LogP contribution in [0.15, 0.2) is 30.3 Å². The summed E-state index contributed by atoms with van der Waals surface area (Å²) in [6, 6.07) is 10.3. The largest absolute Gasteiger partial charge is 0.321 e. The lowest BCUT2D eigenvalue weighted by Crippen LogP contribution is -2.36. The summed E-state index contributed by atoms with van der Waals surface area (Å²) in [4.78, 5) is 14.7. The lowest BCUT2D eigenvalue weighted by Gasteiger charge is -2.29. The van der Waals surface area contributed by atoms with Crippen molar-refractivity contribution in [3.8, 4) is 0 Å². The van der Waals surface area contributed by atoms with E-state index in [0.717, 1.165) is 19.4 Å². The first kappa shape index (κ1) is 16.0. The van der Waals surface area contributed by atoms with Crippen LogP contribution in [0.2, 0.25) is 0 Å². The highest BCUT2D eigenvalue weighted by Crippen LogP contribution is 2.28. The quantitative estimate of drug-likeness (QED) is 0.868. The predicted molar refractivity (Wildman–Crippen MR) is 86.7 cm³/mol. The van der Waals surface area contributed by atoms with Gasteiger partial charge in [0.1, 0.15) is 6.17 Å². The van der Waals surface area contributed by atoms with Crippen molar-refractivity contribution < 1.29 is 4.79 Å². The fraction of sp³-hybridized carbons (Fsp3) is 0.611. The van der Waals surface area contributed by atoms with Gasteiger partial charge in [-0.05, 0) is 23.8 Å². The van der Waals surface area contributed by atoms with Crippen molar-refractivity contribution in [1.29, 1.82) is 0 Å². The van der Waals surface area contributed by atoms with Gasteiger partial charge in [0.15, 0.2) is 0 Å². The van der Waals surface area contributed by atoms with Crippen LogP contribution in [0.4, 0.5) is 0 Å². The summed E-state index contributed by atoms with van der Waals surface area (Å²) in [6.45, 7) is 9.63. The third-order valence-corrected chi connectivity index (χ3v) is 4.57. The van der Waals surface area contributed by atoms with Crippen molar-refractivity contribution in [1.82, 2.24) is 10.2 Å². The molecule has 0 aliphatic carbocycles. The Morgan fingerprint density at radius 1 is 1.19 bits per heavy atom. The third-order valence-electron chi connectivity index (χ3n) is 4.57. The minimum absolute atomic E-state index is 0.0245. The highest BCUT2D eigenvalue weighted by Gasteiger charge is 2.39. The highest BCUT2D eigenvalue weighted by molar-refractivity contribution is 5.84. The first-order valence-corrected chi connectivity index (χ1v) is 8.16. The van der Waals surface area contributed by atoms with Gasteiger partial charge < -0.3 is 4.90 Å². The molecule has 0 spiro atoms. The lowest BCUT2D eigenvalue weighted by molar-refractivity contribution is -0.131. The molecule has 3 atom stereocenters. The van der Waals surface area contributed by atoms with Crippen LogP contribution in [0.1, 0.15) is 52.3 Å². The number of benzene rings is 1. The number of nitrogens with zero attached hydrogens (tertiary/aromatic N) is 1. The van der Waals surface area contributed by atoms with E-state index in [1.807, 2.05) is 23.1 Å². The van der Waals surface area contributed by atoms with E-state index >= 15 is 0 Å². The van der Waals surface area contributed by atoms with Gasteiger partial charge in [0, 0.05) is 6.54 Å². The van der Waals surface area contributed by atoms with Crippen LogP contribution in [-0.2, 0) is 4.79 Å². The summed E-state index contributed by atoms with van der Waals surface area (Å²) in [5.41, 5.74) is 1.18. The van der Waals surface area contributed by atoms with Crippen LogP contribution in [-0.4, -0.2) is 23.4 Å². The minimum Gasteiger partial charge on any atom is -0.321 e. The molecule has 0 bridgehead atoms. The van der Waals surface area contributed by atoms with Crippen molar-refractivity contribution in [2.45, 2.75) is 52.7 Å². The van der Waals surface area contributed by atoms with Gasteiger partial charge in [-0.2, -0.15) is 0 Å². The monoisotopic (exact) mass is 288 g/mol. The van der Waals surface area contributed by atoms with E-state index < -0.39 is 0 Å². The van der Waals surface area contributed by atoms with E-state index in [9.17, 15) is 4.79 Å². The van der Waals surface area contributed by atoms with Gasteiger partial charge in [0.2, 0.25) is 5.91 Å². The van der Waals surface area contributed by atoms with Crippen LogP contribution in [0.25, 0.3) is 0 Å². The summed E-state index contributed by atoms with van der Waals surface area (Å²) in [5, 5.41) is 3.53. The molecule has 1 saturated heterocycles. The summed E-state index contributed by atoms with van der Waals surface area (Å²) < 4.78 is 0. The highest BCUT2D eigenvalue weighted by atomic mass is 16.2. The second kappa shape index (κ2) is 7.08. The number of carbonyl (C=O) groups is 1. The first-order chi connectivity index (χ1) is 10.0. The molecule has 3 heteroatoms. The molecule has 1 aromatic rings. The van der Waals surface area contributed by atoms with Gasteiger partial charge in [-0.3, -0.25) is 10.1 Å². The first-order valence-electron chi connectivity index (χ1n) is 8.16. The zero-order chi connectivity index (χ0) is 15.4. The Morgan fingerprint density at radius 3 is 2.43 bits per heavy atom. The molecule has 1 aliphatic rings. The second-order valence-electron chi connectivity index (χ2n) is 6.53. The lowest BCUT2D eigenvalue weighted by atomic mass is 9.97. The second-order valence-corrected chi connectivity index (χ2v) is 6.53. The number of amides is 1. The summed E-state index contributed by atoms with van der Waals surface area (Å²) in [7, 11) is 0. The maximum Gasteiger partial charge on any atom is 0.241 e. The SMILES string of the molecule is CCCC1NC(c2ccccc2)N(CC(C)C(C)C)C1=O. The number of rotatable bonds is 6. The molecule has 1 aliphatic heterocycles. The maximum absolute atomic E-state index is 12.7. The average molecular weight is 288 g/mol. The molecule has 1 aromatic carbocycles. The summed E-state index contributed by atoms with van der Waals surface area (Å²) in [6.07, 6.45) is 1.96. The van der Waals surface area contributed by atoms with Crippen molar-refractivity contribution >= 4 is 5.91 Å². The normalized spacial score (nSPS) is 23.9. The molecule has 3 unspecified atom stereocenters. The van der Waals surface area contributed by atoms with Crippen LogP contribution in [0, 0.1) is 11.8 Å². The summed E-state index contributed by atoms with van der Waals surface area (Å²) in [5.74, 6) is 1.35. The molecule has 3 nitrogen and oxygen atoms in total. The summed E-state index contributed by atoms with van der Waals surface area (Å²) >= 11 is 0. The van der Waals surface area contributed by atoms with Gasteiger partial charge in [-0.25, -0.2) is 0 Å². The van der Waals surface area contributed by atoms with Gasteiger partial charge >= 0.3 is 0 Å². The Bertz CT molecular complexity index is 458. The van der Waals surface area contributed by atoms with Gasteiger partial charge in [0.25, 0.3) is 0 Å². The molecule has 1 fully saturated rings. The Hall–Kier alpha value is -1.35. The van der Waals surface area contributed by atoms with Crippen LogP contribution < -0.4 is 5.32 Å². The molecular formula is C18H28N2O.